The van der Waals surface area contributed by atoms with Crippen LogP contribution < -0.4 is 0 Å². The third-order valence-electron chi connectivity index (χ3n) is 2.83. The van der Waals surface area contributed by atoms with Crippen LogP contribution in [0.25, 0.3) is 11.0 Å². The van der Waals surface area contributed by atoms with E-state index in [4.69, 9.17) is 16.0 Å². The second-order valence-corrected chi connectivity index (χ2v) is 5.34. The summed E-state index contributed by atoms with van der Waals surface area (Å²) in [6, 6.07) is 10.9. The minimum atomic E-state index is -0.931. The van der Waals surface area contributed by atoms with Crippen LogP contribution in [0.5, 0.6) is 0 Å². The number of hydrogen-bond acceptors (Lipinski definition) is 3. The molecular formula is C14H9BrClNO2. The molecule has 0 bridgehead atoms. The molecule has 0 saturated heterocycles. The van der Waals surface area contributed by atoms with E-state index in [9.17, 15) is 5.11 Å². The summed E-state index contributed by atoms with van der Waals surface area (Å²) in [6.45, 7) is 0. The number of aliphatic hydroxyl groups excluding tert-OH is 1. The number of pyridine rings is 1. The average Bonchev–Trinajstić information content (AvgIpc) is 2.84. The molecule has 3 rings (SSSR count). The van der Waals surface area contributed by atoms with Crippen LogP contribution in [-0.2, 0) is 0 Å². The molecule has 3 nitrogen and oxygen atoms in total. The van der Waals surface area contributed by atoms with Crippen LogP contribution in [0.15, 0.2) is 51.5 Å². The van der Waals surface area contributed by atoms with E-state index in [0.29, 0.717) is 22.1 Å². The molecule has 96 valence electrons. The fourth-order valence-electron chi connectivity index (χ4n) is 1.92. The van der Waals surface area contributed by atoms with E-state index in [1.54, 1.807) is 24.4 Å². The lowest BCUT2D eigenvalue weighted by Gasteiger charge is -2.08. The first kappa shape index (κ1) is 12.7. The van der Waals surface area contributed by atoms with Crippen LogP contribution in [0, 0.1) is 0 Å². The summed E-state index contributed by atoms with van der Waals surface area (Å²) >= 11 is 9.41. The number of aromatic nitrogens is 1. The van der Waals surface area contributed by atoms with E-state index in [-0.39, 0.29) is 0 Å². The number of halogens is 2. The Kier molecular flexibility index (Phi) is 3.31. The molecule has 2 heterocycles. The van der Waals surface area contributed by atoms with Crippen LogP contribution in [0.2, 0.25) is 5.02 Å². The van der Waals surface area contributed by atoms with Gasteiger partial charge >= 0.3 is 0 Å². The summed E-state index contributed by atoms with van der Waals surface area (Å²) in [4.78, 5) is 4.16. The van der Waals surface area contributed by atoms with Crippen molar-refractivity contribution in [3.8, 4) is 0 Å². The quantitative estimate of drug-likeness (QED) is 0.756. The van der Waals surface area contributed by atoms with Crippen molar-refractivity contribution in [2.24, 2.45) is 0 Å². The minimum absolute atomic E-state index is 0.419. The fraction of sp³-hybridized carbons (Fsp3) is 0.0714. The van der Waals surface area contributed by atoms with Gasteiger partial charge in [-0.05, 0) is 40.2 Å². The normalized spacial score (nSPS) is 12.8. The second kappa shape index (κ2) is 4.96. The summed E-state index contributed by atoms with van der Waals surface area (Å²) in [7, 11) is 0. The minimum Gasteiger partial charge on any atom is -0.456 e. The maximum absolute atomic E-state index is 10.3. The third-order valence-corrected chi connectivity index (χ3v) is 3.80. The highest BCUT2D eigenvalue weighted by Gasteiger charge is 2.19. The zero-order chi connectivity index (χ0) is 13.4. The molecule has 1 atom stereocenters. The van der Waals surface area contributed by atoms with Gasteiger partial charge in [-0.25, -0.2) is 0 Å². The van der Waals surface area contributed by atoms with Gasteiger partial charge in [0.2, 0.25) is 0 Å². The van der Waals surface area contributed by atoms with E-state index in [1.165, 1.54) is 0 Å². The molecule has 1 unspecified atom stereocenters. The molecule has 1 aromatic carbocycles. The highest BCUT2D eigenvalue weighted by atomic mass is 79.9. The maximum atomic E-state index is 10.3. The first-order valence-electron chi connectivity index (χ1n) is 5.63. The van der Waals surface area contributed by atoms with Crippen molar-refractivity contribution in [3.05, 3.63) is 63.5 Å². The number of para-hydroxylation sites is 1. The van der Waals surface area contributed by atoms with E-state index in [0.717, 1.165) is 9.86 Å². The third kappa shape index (κ3) is 2.27. The summed E-state index contributed by atoms with van der Waals surface area (Å²) in [5.74, 6) is 0.419. The molecule has 1 N–H and O–H groups in total. The van der Waals surface area contributed by atoms with Crippen LogP contribution in [0.3, 0.4) is 0 Å². The molecule has 0 aliphatic carbocycles. The molecule has 0 saturated carbocycles. The molecule has 3 aromatic rings. The second-order valence-electron chi connectivity index (χ2n) is 4.08. The monoisotopic (exact) mass is 337 g/mol. The Morgan fingerprint density at radius 2 is 2.11 bits per heavy atom. The SMILES string of the molecule is OC(c1cc2cccc(Cl)c2o1)c1ncccc1Br. The Morgan fingerprint density at radius 3 is 2.84 bits per heavy atom. The van der Waals surface area contributed by atoms with Crippen molar-refractivity contribution < 1.29 is 9.52 Å². The van der Waals surface area contributed by atoms with Gasteiger partial charge in [0, 0.05) is 16.1 Å². The summed E-state index contributed by atoms with van der Waals surface area (Å²) in [5, 5.41) is 11.7. The summed E-state index contributed by atoms with van der Waals surface area (Å²) in [5.41, 5.74) is 1.09. The van der Waals surface area contributed by atoms with Gasteiger partial charge in [0.05, 0.1) is 10.7 Å². The average molecular weight is 339 g/mol. The lowest BCUT2D eigenvalue weighted by molar-refractivity contribution is 0.187. The number of rotatable bonds is 2. The van der Waals surface area contributed by atoms with Crippen LogP contribution in [0.1, 0.15) is 17.6 Å². The number of aliphatic hydroxyl groups is 1. The molecule has 5 heteroatoms. The lowest BCUT2D eigenvalue weighted by atomic mass is 10.1. The molecule has 0 aliphatic rings. The molecule has 0 aliphatic heterocycles. The van der Waals surface area contributed by atoms with Gasteiger partial charge in [-0.15, -0.1) is 0 Å². The van der Waals surface area contributed by atoms with Gasteiger partial charge in [0.25, 0.3) is 0 Å². The predicted octanol–water partition coefficient (Wildman–Crippen LogP) is 4.33. The number of benzene rings is 1. The van der Waals surface area contributed by atoms with Crippen molar-refractivity contribution in [1.82, 2.24) is 4.98 Å². The molecule has 0 spiro atoms. The van der Waals surface area contributed by atoms with E-state index < -0.39 is 6.10 Å². The molecule has 2 aromatic heterocycles. The zero-order valence-electron chi connectivity index (χ0n) is 9.68. The Hall–Kier alpha value is -1.36. The number of hydrogen-bond donors (Lipinski definition) is 1. The van der Waals surface area contributed by atoms with Crippen molar-refractivity contribution in [2.75, 3.05) is 0 Å². The Labute approximate surface area is 123 Å². The van der Waals surface area contributed by atoms with Gasteiger partial charge in [0.15, 0.2) is 11.7 Å². The molecule has 0 fully saturated rings. The van der Waals surface area contributed by atoms with Crippen molar-refractivity contribution in [1.29, 1.82) is 0 Å². The number of furan rings is 1. The molecule has 0 radical (unpaired) electrons. The van der Waals surface area contributed by atoms with Crippen molar-refractivity contribution in [2.45, 2.75) is 6.10 Å². The van der Waals surface area contributed by atoms with Gasteiger partial charge < -0.3 is 9.52 Å². The van der Waals surface area contributed by atoms with Crippen molar-refractivity contribution >= 4 is 38.5 Å². The van der Waals surface area contributed by atoms with Crippen LogP contribution >= 0.6 is 27.5 Å². The Bertz CT molecular complexity index is 741. The van der Waals surface area contributed by atoms with Crippen molar-refractivity contribution in [3.63, 3.8) is 0 Å². The summed E-state index contributed by atoms with van der Waals surface area (Å²) < 4.78 is 6.36. The highest BCUT2D eigenvalue weighted by molar-refractivity contribution is 9.10. The number of fused-ring (bicyclic) bond motifs is 1. The predicted molar refractivity (Wildman–Crippen MR) is 77.2 cm³/mol. The first-order valence-corrected chi connectivity index (χ1v) is 6.80. The van der Waals surface area contributed by atoms with E-state index in [1.807, 2.05) is 18.2 Å². The standard InChI is InChI=1S/C14H9BrClNO2/c15-9-4-2-6-17-12(9)13(18)11-7-8-3-1-5-10(16)14(8)19-11/h1-7,13,18H. The Balaban J connectivity index is 2.10. The largest absolute Gasteiger partial charge is 0.456 e. The molecule has 0 amide bonds. The highest BCUT2D eigenvalue weighted by Crippen LogP contribution is 2.33. The van der Waals surface area contributed by atoms with Gasteiger partial charge in [-0.3, -0.25) is 4.98 Å². The fourth-order valence-corrected chi connectivity index (χ4v) is 2.61. The topological polar surface area (TPSA) is 46.3 Å². The smallest absolute Gasteiger partial charge is 0.155 e. The maximum Gasteiger partial charge on any atom is 0.155 e. The Morgan fingerprint density at radius 1 is 1.26 bits per heavy atom. The molecular weight excluding hydrogens is 330 g/mol. The van der Waals surface area contributed by atoms with Crippen LogP contribution in [0.4, 0.5) is 0 Å². The first-order chi connectivity index (χ1) is 9.16. The summed E-state index contributed by atoms with van der Waals surface area (Å²) in [6.07, 6.45) is 0.693. The number of nitrogens with zero attached hydrogens (tertiary/aromatic N) is 1. The van der Waals surface area contributed by atoms with E-state index >= 15 is 0 Å². The lowest BCUT2D eigenvalue weighted by Crippen LogP contribution is -2.01. The van der Waals surface area contributed by atoms with Gasteiger partial charge in [-0.1, -0.05) is 23.7 Å². The van der Waals surface area contributed by atoms with Gasteiger partial charge in [-0.2, -0.15) is 0 Å². The van der Waals surface area contributed by atoms with Gasteiger partial charge in [0.1, 0.15) is 5.76 Å². The van der Waals surface area contributed by atoms with E-state index in [2.05, 4.69) is 20.9 Å². The van der Waals surface area contributed by atoms with Crippen LogP contribution in [-0.4, -0.2) is 10.1 Å². The molecule has 19 heavy (non-hydrogen) atoms. The zero-order valence-corrected chi connectivity index (χ0v) is 12.0.